The summed E-state index contributed by atoms with van der Waals surface area (Å²) in [6, 6.07) is 4.71. The van der Waals surface area contributed by atoms with Crippen LogP contribution in [0.4, 0.5) is 0 Å². The fraction of sp³-hybridized carbons (Fsp3) is 0.231. The molecule has 0 atom stereocenters. The summed E-state index contributed by atoms with van der Waals surface area (Å²) in [4.78, 5) is 23.0. The summed E-state index contributed by atoms with van der Waals surface area (Å²) in [6.45, 7) is 0. The molecule has 0 bridgehead atoms. The molecule has 2 heterocycles. The summed E-state index contributed by atoms with van der Waals surface area (Å²) < 4.78 is 11.7. The van der Waals surface area contributed by atoms with Crippen LogP contribution in [0.3, 0.4) is 0 Å². The Hall–Kier alpha value is -2.50. The third-order valence-electron chi connectivity index (χ3n) is 2.81. The van der Waals surface area contributed by atoms with Gasteiger partial charge in [-0.2, -0.15) is 0 Å². The van der Waals surface area contributed by atoms with E-state index in [-0.39, 0.29) is 23.7 Å². The number of furan rings is 1. The number of hydrogen-bond acceptors (Lipinski definition) is 4. The Balaban J connectivity index is 2.47. The maximum absolute atomic E-state index is 12.3. The molecule has 0 aromatic carbocycles. The van der Waals surface area contributed by atoms with Crippen molar-refractivity contribution in [3.05, 3.63) is 41.6 Å². The lowest BCUT2D eigenvalue weighted by Crippen LogP contribution is -2.11. The highest BCUT2D eigenvalue weighted by Crippen LogP contribution is 2.26. The quantitative estimate of drug-likeness (QED) is 0.826. The van der Waals surface area contributed by atoms with Crippen molar-refractivity contribution >= 4 is 11.8 Å². The Bertz CT molecular complexity index is 609. The molecule has 2 rings (SSSR count). The van der Waals surface area contributed by atoms with Gasteiger partial charge in [0.05, 0.1) is 19.8 Å². The van der Waals surface area contributed by atoms with Crippen LogP contribution in [0.25, 0.3) is 0 Å². The smallest absolute Gasteiger partial charge is 0.309 e. The summed E-state index contributed by atoms with van der Waals surface area (Å²) in [5.41, 5.74) is 0.757. The van der Waals surface area contributed by atoms with Gasteiger partial charge in [0.15, 0.2) is 5.76 Å². The first kappa shape index (κ1) is 12.9. The second-order valence-corrected chi connectivity index (χ2v) is 3.99. The Labute approximate surface area is 109 Å². The maximum atomic E-state index is 12.3. The maximum Gasteiger partial charge on any atom is 0.309 e. The molecule has 0 aliphatic rings. The van der Waals surface area contributed by atoms with Gasteiger partial charge in [0.25, 0.3) is 0 Å². The second kappa shape index (κ2) is 5.01. The number of ether oxygens (including phenoxy) is 1. The van der Waals surface area contributed by atoms with Crippen molar-refractivity contribution in [1.29, 1.82) is 0 Å². The molecule has 0 spiro atoms. The highest BCUT2D eigenvalue weighted by atomic mass is 16.5. The van der Waals surface area contributed by atoms with E-state index in [1.807, 2.05) is 0 Å². The van der Waals surface area contributed by atoms with E-state index in [1.165, 1.54) is 17.9 Å². The van der Waals surface area contributed by atoms with Crippen molar-refractivity contribution in [2.24, 2.45) is 7.05 Å². The number of nitrogens with zero attached hydrogens (tertiary/aromatic N) is 1. The molecule has 0 saturated carbocycles. The zero-order chi connectivity index (χ0) is 14.0. The molecule has 0 radical (unpaired) electrons. The Morgan fingerprint density at radius 1 is 1.47 bits per heavy atom. The summed E-state index contributed by atoms with van der Waals surface area (Å²) >= 11 is 0. The first-order chi connectivity index (χ1) is 9.04. The molecule has 0 unspecified atom stereocenters. The zero-order valence-electron chi connectivity index (χ0n) is 10.5. The van der Waals surface area contributed by atoms with Gasteiger partial charge in [0, 0.05) is 18.8 Å². The van der Waals surface area contributed by atoms with Crippen molar-refractivity contribution in [3.8, 4) is 5.75 Å². The summed E-state index contributed by atoms with van der Waals surface area (Å²) in [5.74, 6) is -0.803. The van der Waals surface area contributed by atoms with E-state index in [4.69, 9.17) is 14.3 Å². The van der Waals surface area contributed by atoms with Crippen molar-refractivity contribution in [1.82, 2.24) is 4.57 Å². The van der Waals surface area contributed by atoms with Gasteiger partial charge in [0.2, 0.25) is 5.78 Å². The topological polar surface area (TPSA) is 81.7 Å². The molecule has 6 nitrogen and oxygen atoms in total. The van der Waals surface area contributed by atoms with E-state index < -0.39 is 5.97 Å². The summed E-state index contributed by atoms with van der Waals surface area (Å²) in [5, 5.41) is 8.83. The fourth-order valence-corrected chi connectivity index (χ4v) is 1.89. The summed E-state index contributed by atoms with van der Waals surface area (Å²) in [7, 11) is 3.05. The van der Waals surface area contributed by atoms with E-state index in [0.29, 0.717) is 11.4 Å². The average Bonchev–Trinajstić information content (AvgIpc) is 2.97. The first-order valence-corrected chi connectivity index (χ1v) is 5.57. The second-order valence-electron chi connectivity index (χ2n) is 3.99. The highest BCUT2D eigenvalue weighted by Gasteiger charge is 2.23. The number of ketones is 1. The van der Waals surface area contributed by atoms with E-state index in [0.717, 1.165) is 0 Å². The van der Waals surface area contributed by atoms with Crippen LogP contribution in [-0.2, 0) is 18.3 Å². The standard InChI is InChI=1S/C13H13NO5/c1-14-8(7-11(15)16)6-10(18-2)12(14)13(17)9-4-3-5-19-9/h3-6H,7H2,1-2H3,(H,15,16). The van der Waals surface area contributed by atoms with Gasteiger partial charge in [-0.3, -0.25) is 9.59 Å². The van der Waals surface area contributed by atoms with Gasteiger partial charge in [0.1, 0.15) is 11.4 Å². The van der Waals surface area contributed by atoms with Gasteiger partial charge < -0.3 is 18.8 Å². The van der Waals surface area contributed by atoms with Gasteiger partial charge in [-0.25, -0.2) is 0 Å². The molecule has 1 N–H and O–H groups in total. The third kappa shape index (κ3) is 2.37. The molecule has 2 aromatic rings. The van der Waals surface area contributed by atoms with Crippen LogP contribution in [0.5, 0.6) is 5.75 Å². The molecule has 0 fully saturated rings. The molecule has 0 saturated heterocycles. The van der Waals surface area contributed by atoms with Crippen LogP contribution < -0.4 is 4.74 Å². The molecular weight excluding hydrogens is 250 g/mol. The van der Waals surface area contributed by atoms with Gasteiger partial charge in [-0.15, -0.1) is 0 Å². The van der Waals surface area contributed by atoms with Crippen LogP contribution in [0.15, 0.2) is 28.9 Å². The predicted molar refractivity (Wildman–Crippen MR) is 65.4 cm³/mol. The number of carboxylic acids is 1. The minimum Gasteiger partial charge on any atom is -0.494 e. The molecule has 0 amide bonds. The SMILES string of the molecule is COc1cc(CC(=O)O)n(C)c1C(=O)c1ccco1. The Kier molecular flexibility index (Phi) is 3.41. The van der Waals surface area contributed by atoms with E-state index in [9.17, 15) is 9.59 Å². The normalized spacial score (nSPS) is 10.4. The van der Waals surface area contributed by atoms with Crippen molar-refractivity contribution < 1.29 is 23.8 Å². The highest BCUT2D eigenvalue weighted by molar-refractivity contribution is 6.08. The van der Waals surface area contributed by atoms with Gasteiger partial charge >= 0.3 is 5.97 Å². The molecule has 0 aliphatic heterocycles. The van der Waals surface area contributed by atoms with Crippen LogP contribution in [0, 0.1) is 0 Å². The van der Waals surface area contributed by atoms with E-state index in [1.54, 1.807) is 25.2 Å². The fourth-order valence-electron chi connectivity index (χ4n) is 1.89. The third-order valence-corrected chi connectivity index (χ3v) is 2.81. The largest absolute Gasteiger partial charge is 0.494 e. The Morgan fingerprint density at radius 3 is 2.74 bits per heavy atom. The van der Waals surface area contributed by atoms with Crippen molar-refractivity contribution in [2.75, 3.05) is 7.11 Å². The minimum absolute atomic E-state index is 0.182. The lowest BCUT2D eigenvalue weighted by atomic mass is 10.2. The molecule has 19 heavy (non-hydrogen) atoms. The minimum atomic E-state index is -0.972. The van der Waals surface area contributed by atoms with E-state index >= 15 is 0 Å². The average molecular weight is 263 g/mol. The van der Waals surface area contributed by atoms with Crippen LogP contribution in [-0.4, -0.2) is 28.5 Å². The number of carbonyl (C=O) groups is 2. The monoisotopic (exact) mass is 263 g/mol. The number of aliphatic carboxylic acids is 1. The number of rotatable bonds is 5. The van der Waals surface area contributed by atoms with E-state index in [2.05, 4.69) is 0 Å². The van der Waals surface area contributed by atoms with Crippen LogP contribution in [0.1, 0.15) is 21.9 Å². The molecule has 100 valence electrons. The Morgan fingerprint density at radius 2 is 2.21 bits per heavy atom. The van der Waals surface area contributed by atoms with Gasteiger partial charge in [-0.05, 0) is 12.1 Å². The zero-order valence-corrected chi connectivity index (χ0v) is 10.5. The predicted octanol–water partition coefficient (Wildman–Crippen LogP) is 1.48. The number of carbonyl (C=O) groups excluding carboxylic acids is 1. The molecular formula is C13H13NO5. The molecule has 2 aromatic heterocycles. The lowest BCUT2D eigenvalue weighted by Gasteiger charge is -2.05. The van der Waals surface area contributed by atoms with Crippen molar-refractivity contribution in [2.45, 2.75) is 6.42 Å². The van der Waals surface area contributed by atoms with Crippen LogP contribution >= 0.6 is 0 Å². The van der Waals surface area contributed by atoms with Crippen LogP contribution in [0.2, 0.25) is 0 Å². The van der Waals surface area contributed by atoms with Gasteiger partial charge in [-0.1, -0.05) is 0 Å². The first-order valence-electron chi connectivity index (χ1n) is 5.57. The lowest BCUT2D eigenvalue weighted by molar-refractivity contribution is -0.136. The molecule has 0 aliphatic carbocycles. The number of carboxylic acid groups (broad SMARTS) is 1. The van der Waals surface area contributed by atoms with Crippen molar-refractivity contribution in [3.63, 3.8) is 0 Å². The number of methoxy groups -OCH3 is 1. The molecule has 6 heteroatoms. The number of aromatic nitrogens is 1. The summed E-state index contributed by atoms with van der Waals surface area (Å²) in [6.07, 6.45) is 1.22. The number of hydrogen-bond donors (Lipinski definition) is 1.